The highest BCUT2D eigenvalue weighted by Gasteiger charge is 2.22. The Morgan fingerprint density at radius 2 is 2.20 bits per heavy atom. The number of rotatable bonds is 4. The number of carboxylic acids is 1. The molecular weight excluding hydrogens is 284 g/mol. The molecule has 1 aromatic carbocycles. The summed E-state index contributed by atoms with van der Waals surface area (Å²) < 4.78 is 0. The fourth-order valence-electron chi connectivity index (χ4n) is 2.13. The molecule has 1 aliphatic rings. The maximum Gasteiger partial charge on any atom is 0.337 e. The van der Waals surface area contributed by atoms with Gasteiger partial charge >= 0.3 is 5.97 Å². The quantitative estimate of drug-likeness (QED) is 0.773. The Kier molecular flexibility index (Phi) is 4.59. The number of hydrogen-bond donors (Lipinski definition) is 3. The average molecular weight is 299 g/mol. The third-order valence-corrected chi connectivity index (χ3v) is 3.42. The Labute approximate surface area is 121 Å². The van der Waals surface area contributed by atoms with Gasteiger partial charge in [0, 0.05) is 18.8 Å². The van der Waals surface area contributed by atoms with E-state index >= 15 is 0 Å². The van der Waals surface area contributed by atoms with Crippen LogP contribution in [0.5, 0.6) is 0 Å². The van der Waals surface area contributed by atoms with Crippen molar-refractivity contribution >= 4 is 29.2 Å². The van der Waals surface area contributed by atoms with Crippen LogP contribution in [-0.4, -0.2) is 52.7 Å². The van der Waals surface area contributed by atoms with E-state index < -0.39 is 5.97 Å². The van der Waals surface area contributed by atoms with Crippen molar-refractivity contribution in [1.82, 2.24) is 4.90 Å². The molecule has 0 aromatic heterocycles. The highest BCUT2D eigenvalue weighted by atomic mass is 35.5. The molecular formula is C13H15ClN2O4. The van der Waals surface area contributed by atoms with Crippen molar-refractivity contribution in [3.8, 4) is 0 Å². The van der Waals surface area contributed by atoms with E-state index in [4.69, 9.17) is 16.7 Å². The fourth-order valence-corrected chi connectivity index (χ4v) is 2.32. The second-order valence-corrected chi connectivity index (χ2v) is 5.13. The standard InChI is InChI=1S/C13H15ClN2O4/c14-11-2-1-8(5-10(11)13(19)20)15-12(18)7-16-4-3-9(17)6-16/h1-2,5,9,17H,3-4,6-7H2,(H,15,18)(H,19,20). The number of aliphatic hydroxyl groups excluding tert-OH is 1. The van der Waals surface area contributed by atoms with Crippen LogP contribution in [0.15, 0.2) is 18.2 Å². The molecule has 3 N–H and O–H groups in total. The predicted octanol–water partition coefficient (Wildman–Crippen LogP) is 1.04. The molecule has 0 bridgehead atoms. The van der Waals surface area contributed by atoms with Crippen molar-refractivity contribution in [3.05, 3.63) is 28.8 Å². The maximum absolute atomic E-state index is 11.8. The Morgan fingerprint density at radius 1 is 1.45 bits per heavy atom. The Bertz CT molecular complexity index is 535. The van der Waals surface area contributed by atoms with Crippen LogP contribution < -0.4 is 5.32 Å². The molecule has 1 heterocycles. The smallest absolute Gasteiger partial charge is 0.337 e. The molecule has 0 saturated carbocycles. The van der Waals surface area contributed by atoms with Crippen molar-refractivity contribution in [2.45, 2.75) is 12.5 Å². The first-order valence-corrected chi connectivity index (χ1v) is 6.56. The molecule has 1 fully saturated rings. The van der Waals surface area contributed by atoms with Gasteiger partial charge in [0.25, 0.3) is 0 Å². The van der Waals surface area contributed by atoms with E-state index in [1.54, 1.807) is 6.07 Å². The summed E-state index contributed by atoms with van der Waals surface area (Å²) in [6, 6.07) is 4.30. The van der Waals surface area contributed by atoms with E-state index in [2.05, 4.69) is 5.32 Å². The van der Waals surface area contributed by atoms with E-state index in [0.717, 1.165) is 0 Å². The second kappa shape index (κ2) is 6.21. The molecule has 1 atom stereocenters. The second-order valence-electron chi connectivity index (χ2n) is 4.73. The maximum atomic E-state index is 11.8. The molecule has 0 spiro atoms. The number of carboxylic acid groups (broad SMARTS) is 1. The number of nitrogens with one attached hydrogen (secondary N) is 1. The van der Waals surface area contributed by atoms with Crippen LogP contribution in [0.2, 0.25) is 5.02 Å². The number of hydrogen-bond acceptors (Lipinski definition) is 4. The highest BCUT2D eigenvalue weighted by molar-refractivity contribution is 6.33. The van der Waals surface area contributed by atoms with Gasteiger partial charge in [-0.2, -0.15) is 0 Å². The molecule has 1 unspecified atom stereocenters. The number of halogens is 1. The minimum absolute atomic E-state index is 0.0546. The number of β-amino-alcohol motifs (C(OH)–C–C–N with tert-alkyl or cyclic N) is 1. The van der Waals surface area contributed by atoms with Gasteiger partial charge < -0.3 is 15.5 Å². The zero-order chi connectivity index (χ0) is 14.7. The lowest BCUT2D eigenvalue weighted by atomic mass is 10.2. The summed E-state index contributed by atoms with van der Waals surface area (Å²) in [4.78, 5) is 24.6. The molecule has 20 heavy (non-hydrogen) atoms. The summed E-state index contributed by atoms with van der Waals surface area (Å²) in [5.74, 6) is -1.40. The zero-order valence-electron chi connectivity index (χ0n) is 10.7. The van der Waals surface area contributed by atoms with Gasteiger partial charge in [0.15, 0.2) is 0 Å². The van der Waals surface area contributed by atoms with Gasteiger partial charge in [-0.3, -0.25) is 9.69 Å². The first kappa shape index (κ1) is 14.8. The zero-order valence-corrected chi connectivity index (χ0v) is 11.4. The molecule has 1 aliphatic heterocycles. The van der Waals surface area contributed by atoms with E-state index in [1.807, 2.05) is 4.90 Å². The SMILES string of the molecule is O=C(CN1CCC(O)C1)Nc1ccc(Cl)c(C(=O)O)c1. The fraction of sp³-hybridized carbons (Fsp3) is 0.385. The van der Waals surface area contributed by atoms with E-state index in [-0.39, 0.29) is 29.1 Å². The van der Waals surface area contributed by atoms with Gasteiger partial charge in [-0.1, -0.05) is 11.6 Å². The third kappa shape index (κ3) is 3.69. The largest absolute Gasteiger partial charge is 0.478 e. The van der Waals surface area contributed by atoms with Gasteiger partial charge in [0.05, 0.1) is 23.2 Å². The number of carbonyl (C=O) groups is 2. The van der Waals surface area contributed by atoms with Crippen molar-refractivity contribution in [2.24, 2.45) is 0 Å². The minimum atomic E-state index is -1.14. The van der Waals surface area contributed by atoms with Crippen LogP contribution in [0, 0.1) is 0 Å². The van der Waals surface area contributed by atoms with Crippen LogP contribution in [-0.2, 0) is 4.79 Å². The summed E-state index contributed by atoms with van der Waals surface area (Å²) >= 11 is 5.75. The molecule has 7 heteroatoms. The lowest BCUT2D eigenvalue weighted by Crippen LogP contribution is -2.32. The lowest BCUT2D eigenvalue weighted by Gasteiger charge is -2.14. The van der Waals surface area contributed by atoms with Crippen LogP contribution in [0.1, 0.15) is 16.8 Å². The van der Waals surface area contributed by atoms with Gasteiger partial charge in [0.1, 0.15) is 0 Å². The van der Waals surface area contributed by atoms with Crippen LogP contribution >= 0.6 is 11.6 Å². The summed E-state index contributed by atoms with van der Waals surface area (Å²) in [7, 11) is 0. The number of aliphatic hydroxyl groups is 1. The monoisotopic (exact) mass is 298 g/mol. The van der Waals surface area contributed by atoms with Gasteiger partial charge in [-0.05, 0) is 24.6 Å². The first-order valence-electron chi connectivity index (χ1n) is 6.19. The average Bonchev–Trinajstić information content (AvgIpc) is 2.76. The van der Waals surface area contributed by atoms with E-state index in [9.17, 15) is 14.7 Å². The Balaban J connectivity index is 1.97. The number of anilines is 1. The third-order valence-electron chi connectivity index (χ3n) is 3.10. The predicted molar refractivity (Wildman–Crippen MR) is 74.1 cm³/mol. The van der Waals surface area contributed by atoms with E-state index in [1.165, 1.54) is 12.1 Å². The van der Waals surface area contributed by atoms with Crippen molar-refractivity contribution in [1.29, 1.82) is 0 Å². The Morgan fingerprint density at radius 3 is 2.80 bits per heavy atom. The first-order chi connectivity index (χ1) is 9.45. The molecule has 1 saturated heterocycles. The normalized spacial score (nSPS) is 19.0. The van der Waals surface area contributed by atoms with Crippen molar-refractivity contribution in [3.63, 3.8) is 0 Å². The van der Waals surface area contributed by atoms with Crippen molar-refractivity contribution in [2.75, 3.05) is 25.0 Å². The molecule has 6 nitrogen and oxygen atoms in total. The minimum Gasteiger partial charge on any atom is -0.478 e. The van der Waals surface area contributed by atoms with Crippen LogP contribution in [0.4, 0.5) is 5.69 Å². The number of nitrogens with zero attached hydrogens (tertiary/aromatic N) is 1. The summed E-state index contributed by atoms with van der Waals surface area (Å²) in [5, 5.41) is 21.1. The topological polar surface area (TPSA) is 89.9 Å². The number of likely N-dealkylation sites (tertiary alicyclic amines) is 1. The molecule has 2 rings (SSSR count). The van der Waals surface area contributed by atoms with Crippen LogP contribution in [0.25, 0.3) is 0 Å². The molecule has 108 valence electrons. The number of carbonyl (C=O) groups excluding carboxylic acids is 1. The summed E-state index contributed by atoms with van der Waals surface area (Å²) in [5.41, 5.74) is 0.331. The molecule has 1 amide bonds. The molecule has 1 aromatic rings. The molecule has 0 radical (unpaired) electrons. The number of amides is 1. The lowest BCUT2D eigenvalue weighted by molar-refractivity contribution is -0.117. The van der Waals surface area contributed by atoms with Gasteiger partial charge in [-0.15, -0.1) is 0 Å². The van der Waals surface area contributed by atoms with Gasteiger partial charge in [0.2, 0.25) is 5.91 Å². The summed E-state index contributed by atoms with van der Waals surface area (Å²) in [6.07, 6.45) is 0.286. The van der Waals surface area contributed by atoms with E-state index in [0.29, 0.717) is 25.2 Å². The molecule has 0 aliphatic carbocycles. The van der Waals surface area contributed by atoms with Crippen LogP contribution in [0.3, 0.4) is 0 Å². The number of aromatic carboxylic acids is 1. The van der Waals surface area contributed by atoms with Crippen molar-refractivity contribution < 1.29 is 19.8 Å². The van der Waals surface area contributed by atoms with Gasteiger partial charge in [-0.25, -0.2) is 4.79 Å². The number of benzene rings is 1. The summed E-state index contributed by atoms with van der Waals surface area (Å²) in [6.45, 7) is 1.33. The Hall–Kier alpha value is -1.63. The highest BCUT2D eigenvalue weighted by Crippen LogP contribution is 2.20.